The summed E-state index contributed by atoms with van der Waals surface area (Å²) in [5.74, 6) is -21.2. The molecule has 4 heterocycles. The number of hydrogen-bond donors (Lipinski definition) is 21. The molecule has 0 radical (unpaired) electrons. The molecule has 105 heavy (non-hydrogen) atoms. The van der Waals surface area contributed by atoms with Crippen molar-refractivity contribution in [2.45, 2.75) is 173 Å². The van der Waals surface area contributed by atoms with Crippen LogP contribution in [0.3, 0.4) is 0 Å². The van der Waals surface area contributed by atoms with E-state index in [-0.39, 0.29) is 24.2 Å². The molecule has 0 spiro atoms. The molecule has 39 nitrogen and oxygen atoms in total. The lowest BCUT2D eigenvalue weighted by Crippen LogP contribution is -2.62. The fraction of sp³-hybridized carbons (Fsp3) is 0.531. The number of carbonyl (C=O) groups is 16. The number of aliphatic hydroxyl groups excluding tert-OH is 2. The molecule has 1 aromatic carbocycles. The Morgan fingerprint density at radius 3 is 1.62 bits per heavy atom. The van der Waals surface area contributed by atoms with E-state index < -0.39 is 235 Å². The van der Waals surface area contributed by atoms with Crippen LogP contribution in [0.1, 0.15) is 91.6 Å². The Morgan fingerprint density at radius 2 is 1.10 bits per heavy atom. The number of para-hydroxylation sites is 1. The van der Waals surface area contributed by atoms with Gasteiger partial charge in [0.05, 0.1) is 44.8 Å². The predicted octanol–water partition coefficient (Wildman–Crippen LogP) is -6.44. The van der Waals surface area contributed by atoms with Crippen LogP contribution in [0.5, 0.6) is 0 Å². The highest BCUT2D eigenvalue weighted by molar-refractivity contribution is 8.76. The van der Waals surface area contributed by atoms with Gasteiger partial charge in [0.1, 0.15) is 72.5 Å². The highest BCUT2D eigenvalue weighted by Crippen LogP contribution is 2.25. The Balaban J connectivity index is 1.63. The van der Waals surface area contributed by atoms with E-state index in [1.807, 2.05) is 0 Å². The van der Waals surface area contributed by atoms with Gasteiger partial charge in [-0.3, -0.25) is 76.7 Å². The average Bonchev–Trinajstić information content (AvgIpc) is 1.75. The van der Waals surface area contributed by atoms with E-state index in [0.717, 1.165) is 35.4 Å². The number of nitrogens with two attached hydrogens (primary N) is 2. The van der Waals surface area contributed by atoms with Gasteiger partial charge in [0, 0.05) is 78.6 Å². The van der Waals surface area contributed by atoms with Gasteiger partial charge < -0.3 is 111 Å². The number of amides is 15. The van der Waals surface area contributed by atoms with E-state index in [1.54, 1.807) is 38.1 Å². The molecular formula is C64H92N20O19S2. The first-order chi connectivity index (χ1) is 49.6. The number of aromatic nitrogens is 5. The van der Waals surface area contributed by atoms with Crippen LogP contribution < -0.4 is 80.6 Å². The highest BCUT2D eigenvalue weighted by atomic mass is 33.1. The lowest BCUT2D eigenvalue weighted by atomic mass is 9.97. The van der Waals surface area contributed by atoms with Crippen LogP contribution in [-0.4, -0.2) is 238 Å². The number of benzene rings is 1. The van der Waals surface area contributed by atoms with Crippen LogP contribution in [0.2, 0.25) is 0 Å². The summed E-state index contributed by atoms with van der Waals surface area (Å²) >= 11 is 0. The number of aromatic amines is 3. The first-order valence-electron chi connectivity index (χ1n) is 33.3. The SMILES string of the molecule is CC[C@H](C)[C@H](NC(C)=O)C(=O)N[C@H]1CSSC[C@@H](C(=O)N[C@H](C(N)=O)[C@@H](C)O)NC(=O)[C@H](CO)NC(=O)[C@H](Cc2cnc[nH]2)NC(=O)[C@H](Cc2cnc[nH]2)NC(=O)CNC(=O)[C@H](Cc2c[nH]c3ccccc23)NC(=O)[C@H](CC(=O)O)NC(=O)[C@H](CC(N)=O)NC(=O)[C@H](C(C)C)NC(=O)[C@H](C(C)C)NC1=O. The van der Waals surface area contributed by atoms with Gasteiger partial charge >= 0.3 is 5.97 Å². The Bertz CT molecular complexity index is 3740. The third kappa shape index (κ3) is 26.5. The van der Waals surface area contributed by atoms with Gasteiger partial charge in [0.15, 0.2) is 0 Å². The topological polar surface area (TPSA) is 615 Å². The lowest BCUT2D eigenvalue weighted by molar-refractivity contribution is -0.142. The number of rotatable bonds is 22. The number of carboxylic acids is 1. The summed E-state index contributed by atoms with van der Waals surface area (Å²) < 4.78 is 0. The summed E-state index contributed by atoms with van der Waals surface area (Å²) in [4.78, 5) is 239. The summed E-state index contributed by atoms with van der Waals surface area (Å²) in [7, 11) is 1.58. The molecule has 0 bridgehead atoms. The number of fused-ring (bicyclic) bond motifs is 1. The zero-order valence-electron chi connectivity index (χ0n) is 58.7. The molecule has 0 aliphatic carbocycles. The lowest BCUT2D eigenvalue weighted by Gasteiger charge is -2.30. The van der Waals surface area contributed by atoms with Gasteiger partial charge in [-0.15, -0.1) is 0 Å². The molecule has 1 fully saturated rings. The Kier molecular flexibility index (Phi) is 33.2. The second kappa shape index (κ2) is 41.0. The molecule has 4 aromatic rings. The van der Waals surface area contributed by atoms with Crippen LogP contribution >= 0.6 is 21.6 Å². The van der Waals surface area contributed by atoms with E-state index in [0.29, 0.717) is 22.9 Å². The summed E-state index contributed by atoms with van der Waals surface area (Å²) in [6.45, 7) is 9.55. The molecule has 574 valence electrons. The zero-order valence-corrected chi connectivity index (χ0v) is 60.4. The molecule has 0 saturated carbocycles. The second-order valence-corrected chi connectivity index (χ2v) is 28.1. The van der Waals surface area contributed by atoms with E-state index in [4.69, 9.17) is 11.5 Å². The van der Waals surface area contributed by atoms with Crippen molar-refractivity contribution in [1.82, 2.24) is 94.0 Å². The number of aliphatic hydroxyl groups is 2. The van der Waals surface area contributed by atoms with Gasteiger partial charge in [-0.1, -0.05) is 87.8 Å². The minimum Gasteiger partial charge on any atom is -0.481 e. The van der Waals surface area contributed by atoms with Crippen LogP contribution in [0.15, 0.2) is 55.5 Å². The van der Waals surface area contributed by atoms with Crippen molar-refractivity contribution in [3.8, 4) is 0 Å². The van der Waals surface area contributed by atoms with Gasteiger partial charge in [0.25, 0.3) is 0 Å². The molecule has 41 heteroatoms. The third-order valence-electron chi connectivity index (χ3n) is 16.5. The molecule has 1 saturated heterocycles. The Morgan fingerprint density at radius 1 is 0.590 bits per heavy atom. The maximum absolute atomic E-state index is 14.7. The van der Waals surface area contributed by atoms with Crippen molar-refractivity contribution in [1.29, 1.82) is 0 Å². The summed E-state index contributed by atoms with van der Waals surface area (Å²) in [6, 6.07) is -13.8. The number of carboxylic acid groups (broad SMARTS) is 1. The monoisotopic (exact) mass is 1510 g/mol. The van der Waals surface area contributed by atoms with Crippen molar-refractivity contribution in [3.05, 3.63) is 72.5 Å². The Hall–Kier alpha value is -10.7. The number of imidazole rings is 2. The van der Waals surface area contributed by atoms with Gasteiger partial charge in [0.2, 0.25) is 88.6 Å². The van der Waals surface area contributed by atoms with Crippen molar-refractivity contribution in [3.63, 3.8) is 0 Å². The van der Waals surface area contributed by atoms with Crippen molar-refractivity contribution < 1.29 is 92.0 Å². The van der Waals surface area contributed by atoms with Crippen LogP contribution in [0.25, 0.3) is 10.9 Å². The van der Waals surface area contributed by atoms with E-state index in [2.05, 4.69) is 94.0 Å². The summed E-state index contributed by atoms with van der Waals surface area (Å²) in [5.41, 5.74) is 12.5. The predicted molar refractivity (Wildman–Crippen MR) is 377 cm³/mol. The maximum atomic E-state index is 14.7. The van der Waals surface area contributed by atoms with Crippen molar-refractivity contribution in [2.75, 3.05) is 24.7 Å². The number of hydrogen-bond acceptors (Lipinski definition) is 22. The summed E-state index contributed by atoms with van der Waals surface area (Å²) in [5, 5.41) is 63.4. The standard InChI is InChI=1S/C64H92N20O19S2/c1-9-30(6)51(73-32(8)87)64(103)81-45-25-105-104-24-44(61(100)84-52(31(7)86)53(66)92)80-59(98)43(23-85)79-56(95)40(16-35-21-68-27-72-35)76-55(94)39(15-34-20-67-26-71-34)74-47(89)22-70-54(93)38(14-33-19-69-37-13-11-10-12-36(33)37)75-58(97)42(18-48(90)91)77-57(96)41(17-46(65)88)78-62(101)49(28(2)3)83-63(102)50(29(4)5)82-60(45)99/h10-13,19-21,26-31,38-45,49-52,69,85-86H,9,14-18,22-25H2,1-8H3,(H2,65,88)(H2,66,92)(H,67,71)(H,68,72)(H,70,93)(H,73,87)(H,74,89)(H,75,97)(H,76,94)(H,77,96)(H,78,101)(H,79,95)(H,80,98)(H,81,103)(H,82,99)(H,83,102)(H,84,100)(H,90,91)/t30-,31+,38-,39-,40-,41-,42-,43-,44-,45-,49-,50-,51-,52-/m0/s1. The molecule has 0 unspecified atom stereocenters. The fourth-order valence-corrected chi connectivity index (χ4v) is 12.9. The smallest absolute Gasteiger partial charge is 0.305 e. The number of primary amides is 2. The van der Waals surface area contributed by atoms with E-state index in [1.165, 1.54) is 58.9 Å². The average molecular weight is 1510 g/mol. The molecule has 5 rings (SSSR count). The summed E-state index contributed by atoms with van der Waals surface area (Å²) in [6.07, 6.45) is 2.11. The number of nitrogens with zero attached hydrogens (tertiary/aromatic N) is 2. The first-order valence-corrected chi connectivity index (χ1v) is 35.8. The zero-order chi connectivity index (χ0) is 77.9. The number of H-pyrrole nitrogens is 3. The number of aliphatic carboxylic acids is 1. The normalized spacial score (nSPS) is 23.6. The molecule has 3 aromatic heterocycles. The van der Waals surface area contributed by atoms with Crippen LogP contribution in [0, 0.1) is 17.8 Å². The number of nitrogens with one attached hydrogen (secondary N) is 16. The molecule has 23 N–H and O–H groups in total. The quantitative estimate of drug-likeness (QED) is 0.0325. The molecule has 15 amide bonds. The van der Waals surface area contributed by atoms with E-state index in [9.17, 15) is 92.0 Å². The van der Waals surface area contributed by atoms with Gasteiger partial charge in [-0.05, 0) is 36.3 Å². The first kappa shape index (κ1) is 85.0. The minimum atomic E-state index is -2.08. The largest absolute Gasteiger partial charge is 0.481 e. The van der Waals surface area contributed by atoms with Crippen LogP contribution in [-0.2, 0) is 96.0 Å². The molecule has 1 aliphatic rings. The highest BCUT2D eigenvalue weighted by Gasteiger charge is 2.40. The molecular weight excluding hydrogens is 1420 g/mol. The minimum absolute atomic E-state index is 0.231. The van der Waals surface area contributed by atoms with Gasteiger partial charge in [-0.25, -0.2) is 9.97 Å². The second-order valence-electron chi connectivity index (χ2n) is 25.6. The number of carbonyl (C=O) groups excluding carboxylic acids is 15. The van der Waals surface area contributed by atoms with Gasteiger partial charge in [-0.2, -0.15) is 0 Å². The van der Waals surface area contributed by atoms with E-state index >= 15 is 0 Å². The van der Waals surface area contributed by atoms with Crippen molar-refractivity contribution >= 4 is 127 Å². The molecule has 14 atom stereocenters. The third-order valence-corrected chi connectivity index (χ3v) is 18.9. The Labute approximate surface area is 609 Å². The van der Waals surface area contributed by atoms with Crippen molar-refractivity contribution in [2.24, 2.45) is 29.2 Å². The fourth-order valence-electron chi connectivity index (χ4n) is 10.6. The molecule has 1 aliphatic heterocycles. The van der Waals surface area contributed by atoms with Crippen LogP contribution in [0.4, 0.5) is 0 Å². The maximum Gasteiger partial charge on any atom is 0.305 e.